The van der Waals surface area contributed by atoms with Crippen LogP contribution >= 0.6 is 11.6 Å². The fourth-order valence-corrected chi connectivity index (χ4v) is 3.09. The topological polar surface area (TPSA) is 49.3 Å². The molecular weight excluding hydrogens is 324 g/mol. The molecule has 1 aromatic heterocycles. The molecule has 0 N–H and O–H groups in total. The molecule has 1 aromatic carbocycles. The lowest BCUT2D eigenvalue weighted by molar-refractivity contribution is -0.131. The number of rotatable bonds is 4. The van der Waals surface area contributed by atoms with Crippen molar-refractivity contribution in [3.05, 3.63) is 52.9 Å². The van der Waals surface area contributed by atoms with Crippen LogP contribution in [0, 0.1) is 0 Å². The van der Waals surface area contributed by atoms with Crippen LogP contribution in [-0.4, -0.2) is 40.4 Å². The Labute approximate surface area is 146 Å². The number of nitrogens with zero attached hydrogens (tertiary/aromatic N) is 4. The van der Waals surface area contributed by atoms with Crippen LogP contribution in [0.3, 0.4) is 0 Å². The van der Waals surface area contributed by atoms with E-state index in [1.807, 2.05) is 40.1 Å². The van der Waals surface area contributed by atoms with Gasteiger partial charge < -0.3 is 9.80 Å². The van der Waals surface area contributed by atoms with Crippen LogP contribution in [-0.2, 0) is 11.3 Å². The summed E-state index contributed by atoms with van der Waals surface area (Å²) >= 11 is 5.91. The molecule has 2 heterocycles. The van der Waals surface area contributed by atoms with Crippen molar-refractivity contribution in [1.29, 1.82) is 0 Å². The van der Waals surface area contributed by atoms with E-state index in [2.05, 4.69) is 9.97 Å². The van der Waals surface area contributed by atoms with Gasteiger partial charge in [-0.3, -0.25) is 4.79 Å². The summed E-state index contributed by atoms with van der Waals surface area (Å²) in [4.78, 5) is 25.4. The molecule has 24 heavy (non-hydrogen) atoms. The highest BCUT2D eigenvalue weighted by Crippen LogP contribution is 2.38. The van der Waals surface area contributed by atoms with Crippen molar-refractivity contribution in [2.24, 2.45) is 0 Å². The van der Waals surface area contributed by atoms with Crippen LogP contribution in [0.25, 0.3) is 0 Å². The van der Waals surface area contributed by atoms with E-state index in [1.165, 1.54) is 12.8 Å². The first-order valence-electron chi connectivity index (χ1n) is 8.29. The largest absolute Gasteiger partial charge is 0.345 e. The van der Waals surface area contributed by atoms with E-state index in [1.54, 1.807) is 6.20 Å². The number of halogens is 1. The quantitative estimate of drug-likeness (QED) is 0.857. The van der Waals surface area contributed by atoms with E-state index in [0.717, 1.165) is 23.8 Å². The Balaban J connectivity index is 1.41. The summed E-state index contributed by atoms with van der Waals surface area (Å²) in [5, 5.41) is 0.713. The van der Waals surface area contributed by atoms with Gasteiger partial charge in [-0.15, -0.1) is 0 Å². The molecule has 4 rings (SSSR count). The zero-order valence-corrected chi connectivity index (χ0v) is 14.1. The zero-order chi connectivity index (χ0) is 16.5. The van der Waals surface area contributed by atoms with E-state index in [-0.39, 0.29) is 5.91 Å². The van der Waals surface area contributed by atoms with Crippen molar-refractivity contribution in [2.75, 3.05) is 24.5 Å². The average molecular weight is 343 g/mol. The summed E-state index contributed by atoms with van der Waals surface area (Å²) in [5.74, 6) is 2.43. The van der Waals surface area contributed by atoms with Crippen molar-refractivity contribution < 1.29 is 4.79 Å². The second-order valence-corrected chi connectivity index (χ2v) is 6.85. The van der Waals surface area contributed by atoms with Crippen molar-refractivity contribution >= 4 is 23.3 Å². The van der Waals surface area contributed by atoms with E-state index in [9.17, 15) is 4.79 Å². The van der Waals surface area contributed by atoms with Gasteiger partial charge in [0.25, 0.3) is 0 Å². The monoisotopic (exact) mass is 342 g/mol. The van der Waals surface area contributed by atoms with Gasteiger partial charge >= 0.3 is 0 Å². The molecule has 5 nitrogen and oxygen atoms in total. The molecule has 124 valence electrons. The number of amides is 1. The van der Waals surface area contributed by atoms with Crippen molar-refractivity contribution in [3.8, 4) is 0 Å². The maximum absolute atomic E-state index is 12.5. The Morgan fingerprint density at radius 3 is 2.62 bits per heavy atom. The SMILES string of the molecule is O=C1CN(c2ccnc(C3CC3)n2)CCN1Cc1ccc(Cl)cc1. The normalized spacial score (nSPS) is 18.1. The first kappa shape index (κ1) is 15.4. The standard InChI is InChI=1S/C18H19ClN4O/c19-15-5-1-13(2-6-15)11-23-10-9-22(12-17(23)24)16-7-8-20-18(21-16)14-3-4-14/h1-2,5-8,14H,3-4,9-12H2. The summed E-state index contributed by atoms with van der Waals surface area (Å²) in [6.07, 6.45) is 4.16. The van der Waals surface area contributed by atoms with Gasteiger partial charge in [-0.25, -0.2) is 9.97 Å². The fourth-order valence-electron chi connectivity index (χ4n) is 2.96. The van der Waals surface area contributed by atoms with Crippen molar-refractivity contribution in [3.63, 3.8) is 0 Å². The lowest BCUT2D eigenvalue weighted by atomic mass is 10.2. The summed E-state index contributed by atoms with van der Waals surface area (Å²) < 4.78 is 0. The molecule has 2 fully saturated rings. The van der Waals surface area contributed by atoms with Crippen LogP contribution in [0.5, 0.6) is 0 Å². The molecule has 0 unspecified atom stereocenters. The molecule has 0 atom stereocenters. The number of carbonyl (C=O) groups is 1. The molecule has 1 aliphatic heterocycles. The smallest absolute Gasteiger partial charge is 0.242 e. The Kier molecular flexibility index (Phi) is 4.10. The third kappa shape index (κ3) is 3.36. The number of hydrogen-bond donors (Lipinski definition) is 0. The van der Waals surface area contributed by atoms with Crippen LogP contribution in [0.15, 0.2) is 36.5 Å². The molecular formula is C18H19ClN4O. The van der Waals surface area contributed by atoms with Crippen LogP contribution in [0.4, 0.5) is 5.82 Å². The highest BCUT2D eigenvalue weighted by atomic mass is 35.5. The van der Waals surface area contributed by atoms with Crippen LogP contribution < -0.4 is 4.90 Å². The number of benzene rings is 1. The Hall–Kier alpha value is -2.14. The van der Waals surface area contributed by atoms with Gasteiger partial charge in [0.05, 0.1) is 6.54 Å². The first-order chi connectivity index (χ1) is 11.7. The lowest BCUT2D eigenvalue weighted by Gasteiger charge is -2.35. The number of carbonyl (C=O) groups excluding carboxylic acids is 1. The zero-order valence-electron chi connectivity index (χ0n) is 13.4. The molecule has 2 aliphatic rings. The third-order valence-electron chi connectivity index (χ3n) is 4.53. The number of piperazine rings is 1. The third-order valence-corrected chi connectivity index (χ3v) is 4.78. The Morgan fingerprint density at radius 1 is 1.12 bits per heavy atom. The highest BCUT2D eigenvalue weighted by Gasteiger charge is 2.29. The Morgan fingerprint density at radius 2 is 1.92 bits per heavy atom. The van der Waals surface area contributed by atoms with Gasteiger partial charge in [0.15, 0.2) is 0 Å². The minimum Gasteiger partial charge on any atom is -0.345 e. The number of hydrogen-bond acceptors (Lipinski definition) is 4. The summed E-state index contributed by atoms with van der Waals surface area (Å²) in [7, 11) is 0. The van der Waals surface area contributed by atoms with Gasteiger partial charge in [-0.1, -0.05) is 23.7 Å². The molecule has 1 amide bonds. The van der Waals surface area contributed by atoms with E-state index in [0.29, 0.717) is 30.6 Å². The minimum absolute atomic E-state index is 0.128. The molecule has 0 spiro atoms. The second-order valence-electron chi connectivity index (χ2n) is 6.41. The van der Waals surface area contributed by atoms with E-state index in [4.69, 9.17) is 11.6 Å². The van der Waals surface area contributed by atoms with Gasteiger partial charge in [0, 0.05) is 36.8 Å². The predicted molar refractivity (Wildman–Crippen MR) is 93.1 cm³/mol. The number of aromatic nitrogens is 2. The van der Waals surface area contributed by atoms with Gasteiger partial charge in [-0.2, -0.15) is 0 Å². The molecule has 2 aromatic rings. The van der Waals surface area contributed by atoms with Crippen LogP contribution in [0.2, 0.25) is 5.02 Å². The Bertz CT molecular complexity index is 745. The molecule has 1 saturated heterocycles. The van der Waals surface area contributed by atoms with Crippen molar-refractivity contribution in [2.45, 2.75) is 25.3 Å². The second kappa shape index (κ2) is 6.40. The lowest BCUT2D eigenvalue weighted by Crippen LogP contribution is -2.50. The maximum atomic E-state index is 12.5. The molecule has 1 saturated carbocycles. The van der Waals surface area contributed by atoms with E-state index >= 15 is 0 Å². The highest BCUT2D eigenvalue weighted by molar-refractivity contribution is 6.30. The first-order valence-corrected chi connectivity index (χ1v) is 8.67. The minimum atomic E-state index is 0.128. The summed E-state index contributed by atoms with van der Waals surface area (Å²) in [6.45, 7) is 2.49. The van der Waals surface area contributed by atoms with Crippen molar-refractivity contribution in [1.82, 2.24) is 14.9 Å². The number of anilines is 1. The predicted octanol–water partition coefficient (Wildman–Crippen LogP) is 2.86. The fraction of sp³-hybridized carbons (Fsp3) is 0.389. The summed E-state index contributed by atoms with van der Waals surface area (Å²) in [5.41, 5.74) is 1.10. The van der Waals surface area contributed by atoms with E-state index < -0.39 is 0 Å². The molecule has 0 radical (unpaired) electrons. The van der Waals surface area contributed by atoms with Crippen LogP contribution in [0.1, 0.15) is 30.1 Å². The van der Waals surface area contributed by atoms with Gasteiger partial charge in [-0.05, 0) is 36.6 Å². The van der Waals surface area contributed by atoms with Gasteiger partial charge in [0.2, 0.25) is 5.91 Å². The molecule has 1 aliphatic carbocycles. The molecule has 0 bridgehead atoms. The maximum Gasteiger partial charge on any atom is 0.242 e. The molecule has 6 heteroatoms. The summed E-state index contributed by atoms with van der Waals surface area (Å²) in [6, 6.07) is 9.55. The average Bonchev–Trinajstić information content (AvgIpc) is 3.44. The van der Waals surface area contributed by atoms with Gasteiger partial charge in [0.1, 0.15) is 11.6 Å².